The molecule has 1 aromatic heterocycles. The minimum atomic E-state index is -4.70. The summed E-state index contributed by atoms with van der Waals surface area (Å²) >= 11 is 0. The topological polar surface area (TPSA) is 94.0 Å². The van der Waals surface area contributed by atoms with E-state index in [0.29, 0.717) is 11.1 Å². The molecule has 1 heterocycles. The van der Waals surface area contributed by atoms with Gasteiger partial charge in [-0.15, -0.1) is 12.4 Å². The van der Waals surface area contributed by atoms with Crippen LogP contribution >= 0.6 is 12.4 Å². The number of benzene rings is 1. The molecule has 0 aliphatic rings. The lowest BCUT2D eigenvalue weighted by atomic mass is 10.0. The van der Waals surface area contributed by atoms with Crippen molar-refractivity contribution in [3.05, 3.63) is 35.7 Å². The van der Waals surface area contributed by atoms with Gasteiger partial charge in [-0.3, -0.25) is 4.79 Å². The van der Waals surface area contributed by atoms with E-state index >= 15 is 0 Å². The van der Waals surface area contributed by atoms with Gasteiger partial charge in [-0.05, 0) is 26.0 Å². The summed E-state index contributed by atoms with van der Waals surface area (Å²) in [6, 6.07) is 5.80. The number of carbonyl (C=O) groups is 1. The molecule has 3 N–H and O–H groups in total. The van der Waals surface area contributed by atoms with Crippen molar-refractivity contribution in [1.82, 2.24) is 15.5 Å². The Balaban J connectivity index is 0.00000288. The van der Waals surface area contributed by atoms with Crippen molar-refractivity contribution in [3.8, 4) is 11.4 Å². The van der Waals surface area contributed by atoms with E-state index in [1.54, 1.807) is 13.8 Å². The Morgan fingerprint density at radius 2 is 1.83 bits per heavy atom. The average molecular weight is 365 g/mol. The Kier molecular flexibility index (Phi) is 5.96. The van der Waals surface area contributed by atoms with Crippen LogP contribution in [0.1, 0.15) is 30.1 Å². The van der Waals surface area contributed by atoms with Crippen LogP contribution in [0.25, 0.3) is 11.4 Å². The molecule has 1 aromatic carbocycles. The zero-order valence-electron chi connectivity index (χ0n) is 12.8. The van der Waals surface area contributed by atoms with E-state index in [4.69, 9.17) is 5.73 Å². The second-order valence-corrected chi connectivity index (χ2v) is 5.54. The van der Waals surface area contributed by atoms with Crippen LogP contribution in [0, 0.1) is 0 Å². The SMILES string of the molecule is CC(C)(CN)NC(=O)c1ccc(-c2noc(C(F)(F)F)n2)cc1.Cl. The van der Waals surface area contributed by atoms with Crippen molar-refractivity contribution in [3.63, 3.8) is 0 Å². The highest BCUT2D eigenvalue weighted by molar-refractivity contribution is 5.95. The Morgan fingerprint density at radius 1 is 1.25 bits per heavy atom. The fraction of sp³-hybridized carbons (Fsp3) is 0.357. The van der Waals surface area contributed by atoms with Crippen LogP contribution in [-0.4, -0.2) is 28.1 Å². The monoisotopic (exact) mass is 364 g/mol. The number of amides is 1. The molecule has 6 nitrogen and oxygen atoms in total. The Labute approximate surface area is 142 Å². The molecule has 132 valence electrons. The van der Waals surface area contributed by atoms with Gasteiger partial charge in [-0.25, -0.2) is 0 Å². The number of nitrogens with one attached hydrogen (secondary N) is 1. The molecule has 0 radical (unpaired) electrons. The quantitative estimate of drug-likeness (QED) is 0.869. The van der Waals surface area contributed by atoms with Gasteiger partial charge < -0.3 is 15.6 Å². The highest BCUT2D eigenvalue weighted by Crippen LogP contribution is 2.29. The largest absolute Gasteiger partial charge is 0.471 e. The van der Waals surface area contributed by atoms with Gasteiger partial charge in [0, 0.05) is 23.2 Å². The summed E-state index contributed by atoms with van der Waals surface area (Å²) in [7, 11) is 0. The number of aromatic nitrogens is 2. The fourth-order valence-corrected chi connectivity index (χ4v) is 1.66. The minimum absolute atomic E-state index is 0. The summed E-state index contributed by atoms with van der Waals surface area (Å²) in [6.45, 7) is 3.81. The molecular formula is C14H16ClF3N4O2. The van der Waals surface area contributed by atoms with Crippen molar-refractivity contribution in [2.24, 2.45) is 5.73 Å². The third kappa shape index (κ3) is 4.68. The van der Waals surface area contributed by atoms with E-state index in [2.05, 4.69) is 20.0 Å². The lowest BCUT2D eigenvalue weighted by Gasteiger charge is -2.24. The standard InChI is InChI=1S/C14H15F3N4O2.ClH/c1-13(2,7-18)20-11(22)9-5-3-8(4-6-9)10-19-12(23-21-10)14(15,16)17;/h3-6H,7,18H2,1-2H3,(H,20,22);1H. The van der Waals surface area contributed by atoms with Gasteiger partial charge in [0.25, 0.3) is 5.91 Å². The van der Waals surface area contributed by atoms with Gasteiger partial charge in [0.05, 0.1) is 0 Å². The molecule has 0 unspecified atom stereocenters. The summed E-state index contributed by atoms with van der Waals surface area (Å²) in [4.78, 5) is 15.3. The number of nitrogens with zero attached hydrogens (tertiary/aromatic N) is 2. The molecule has 0 saturated heterocycles. The summed E-state index contributed by atoms with van der Waals surface area (Å²) in [5.41, 5.74) is 5.62. The maximum absolute atomic E-state index is 12.4. The normalized spacial score (nSPS) is 11.8. The molecule has 0 aliphatic carbocycles. The van der Waals surface area contributed by atoms with Crippen LogP contribution in [-0.2, 0) is 6.18 Å². The predicted molar refractivity (Wildman–Crippen MR) is 82.6 cm³/mol. The van der Waals surface area contributed by atoms with Gasteiger partial charge in [0.1, 0.15) is 0 Å². The van der Waals surface area contributed by atoms with Crippen molar-refractivity contribution >= 4 is 18.3 Å². The molecule has 0 bridgehead atoms. The number of hydrogen-bond acceptors (Lipinski definition) is 5. The molecular weight excluding hydrogens is 349 g/mol. The molecule has 2 rings (SSSR count). The molecule has 0 fully saturated rings. The zero-order chi connectivity index (χ0) is 17.3. The smallest absolute Gasteiger partial charge is 0.346 e. The minimum Gasteiger partial charge on any atom is -0.346 e. The predicted octanol–water partition coefficient (Wildman–Crippen LogP) is 2.64. The molecule has 2 aromatic rings. The number of hydrogen-bond donors (Lipinski definition) is 2. The van der Waals surface area contributed by atoms with Crippen LogP contribution in [0.4, 0.5) is 13.2 Å². The van der Waals surface area contributed by atoms with E-state index in [0.717, 1.165) is 0 Å². The van der Waals surface area contributed by atoms with Crippen molar-refractivity contribution in [1.29, 1.82) is 0 Å². The van der Waals surface area contributed by atoms with E-state index in [1.165, 1.54) is 24.3 Å². The lowest BCUT2D eigenvalue weighted by Crippen LogP contribution is -2.48. The van der Waals surface area contributed by atoms with Crippen molar-refractivity contribution in [2.45, 2.75) is 25.6 Å². The maximum atomic E-state index is 12.4. The lowest BCUT2D eigenvalue weighted by molar-refractivity contribution is -0.159. The van der Waals surface area contributed by atoms with Gasteiger partial charge in [0.15, 0.2) is 0 Å². The van der Waals surface area contributed by atoms with Crippen LogP contribution in [0.2, 0.25) is 0 Å². The number of halogens is 4. The number of rotatable bonds is 4. The summed E-state index contributed by atoms with van der Waals surface area (Å²) in [6.07, 6.45) is -4.70. The molecule has 10 heteroatoms. The highest BCUT2D eigenvalue weighted by Gasteiger charge is 2.38. The first-order valence-electron chi connectivity index (χ1n) is 6.66. The third-order valence-electron chi connectivity index (χ3n) is 3.04. The Hall–Kier alpha value is -2.13. The summed E-state index contributed by atoms with van der Waals surface area (Å²) in [5, 5.41) is 6.02. The molecule has 0 spiro atoms. The fourth-order valence-electron chi connectivity index (χ4n) is 1.66. The Morgan fingerprint density at radius 3 is 2.29 bits per heavy atom. The second kappa shape index (κ2) is 7.18. The van der Waals surface area contributed by atoms with Crippen LogP contribution < -0.4 is 11.1 Å². The van der Waals surface area contributed by atoms with E-state index in [1.807, 2.05) is 0 Å². The number of alkyl halides is 3. The zero-order valence-corrected chi connectivity index (χ0v) is 13.7. The molecule has 0 aliphatic heterocycles. The van der Waals surface area contributed by atoms with Gasteiger partial charge in [-0.2, -0.15) is 18.2 Å². The van der Waals surface area contributed by atoms with Gasteiger partial charge in [-0.1, -0.05) is 17.3 Å². The molecule has 0 atom stereocenters. The molecule has 1 amide bonds. The van der Waals surface area contributed by atoms with Crippen LogP contribution in [0.5, 0.6) is 0 Å². The van der Waals surface area contributed by atoms with Crippen LogP contribution in [0.3, 0.4) is 0 Å². The first-order chi connectivity index (χ1) is 10.6. The van der Waals surface area contributed by atoms with Gasteiger partial charge in [0.2, 0.25) is 5.82 Å². The summed E-state index contributed by atoms with van der Waals surface area (Å²) < 4.78 is 41.4. The first-order valence-corrected chi connectivity index (χ1v) is 6.66. The van der Waals surface area contributed by atoms with Gasteiger partial charge >= 0.3 is 12.1 Å². The Bertz CT molecular complexity index is 699. The number of nitrogens with two attached hydrogens (primary N) is 1. The average Bonchev–Trinajstić information content (AvgIpc) is 2.97. The van der Waals surface area contributed by atoms with E-state index < -0.39 is 17.6 Å². The summed E-state index contributed by atoms with van der Waals surface area (Å²) in [5.74, 6) is -1.96. The van der Waals surface area contributed by atoms with E-state index in [9.17, 15) is 18.0 Å². The third-order valence-corrected chi connectivity index (χ3v) is 3.04. The maximum Gasteiger partial charge on any atom is 0.471 e. The van der Waals surface area contributed by atoms with Crippen molar-refractivity contribution in [2.75, 3.05) is 6.54 Å². The van der Waals surface area contributed by atoms with Crippen molar-refractivity contribution < 1.29 is 22.5 Å². The molecule has 0 saturated carbocycles. The van der Waals surface area contributed by atoms with Crippen LogP contribution in [0.15, 0.2) is 28.8 Å². The number of carbonyl (C=O) groups excluding carboxylic acids is 1. The highest BCUT2D eigenvalue weighted by atomic mass is 35.5. The second-order valence-electron chi connectivity index (χ2n) is 5.54. The molecule has 24 heavy (non-hydrogen) atoms. The van der Waals surface area contributed by atoms with E-state index in [-0.39, 0.29) is 30.7 Å². The first kappa shape index (κ1) is 19.9.